The number of sulfonamides is 1. The van der Waals surface area contributed by atoms with Gasteiger partial charge in [0.1, 0.15) is 12.4 Å². The molecule has 0 heterocycles. The second kappa shape index (κ2) is 8.99. The lowest BCUT2D eigenvalue weighted by atomic mass is 10.2. The number of amides is 1. The van der Waals surface area contributed by atoms with Crippen molar-refractivity contribution in [2.24, 2.45) is 0 Å². The zero-order chi connectivity index (χ0) is 20.0. The molecule has 0 bridgehead atoms. The van der Waals surface area contributed by atoms with Crippen molar-refractivity contribution in [2.45, 2.75) is 44.6 Å². The molecule has 2 aromatic rings. The van der Waals surface area contributed by atoms with Crippen LogP contribution in [0.3, 0.4) is 0 Å². The Bertz CT molecular complexity index is 865. The highest BCUT2D eigenvalue weighted by Crippen LogP contribution is 2.24. The van der Waals surface area contributed by atoms with Crippen molar-refractivity contribution in [3.05, 3.63) is 59.9 Å². The van der Waals surface area contributed by atoms with Gasteiger partial charge in [-0.2, -0.15) is 0 Å². The zero-order valence-corrected chi connectivity index (χ0v) is 16.6. The third-order valence-corrected chi connectivity index (χ3v) is 5.93. The summed E-state index contributed by atoms with van der Waals surface area (Å²) in [6.45, 7) is 5.36. The molecular formula is C20H25FN2O3S. The lowest BCUT2D eigenvalue weighted by molar-refractivity contribution is -0.120. The van der Waals surface area contributed by atoms with Crippen LogP contribution in [0.25, 0.3) is 0 Å². The summed E-state index contributed by atoms with van der Waals surface area (Å²) < 4.78 is 40.5. The first-order valence-corrected chi connectivity index (χ1v) is 10.3. The quantitative estimate of drug-likeness (QED) is 0.746. The molecule has 0 radical (unpaired) electrons. The maximum Gasteiger partial charge on any atom is 0.264 e. The molecule has 5 nitrogen and oxygen atoms in total. The van der Waals surface area contributed by atoms with Gasteiger partial charge in [-0.25, -0.2) is 12.8 Å². The van der Waals surface area contributed by atoms with Gasteiger partial charge in [-0.05, 0) is 56.7 Å². The number of hydrogen-bond donors (Lipinski definition) is 1. The van der Waals surface area contributed by atoms with Crippen LogP contribution in [0.1, 0.15) is 32.3 Å². The van der Waals surface area contributed by atoms with Gasteiger partial charge in [-0.3, -0.25) is 9.10 Å². The topological polar surface area (TPSA) is 66.5 Å². The molecule has 27 heavy (non-hydrogen) atoms. The Balaban J connectivity index is 2.36. The second-order valence-corrected chi connectivity index (χ2v) is 8.42. The molecule has 0 aliphatic heterocycles. The summed E-state index contributed by atoms with van der Waals surface area (Å²) in [6.07, 6.45) is 1.71. The van der Waals surface area contributed by atoms with E-state index in [0.717, 1.165) is 22.7 Å². The molecule has 1 atom stereocenters. The number of nitrogens with zero attached hydrogens (tertiary/aromatic N) is 1. The van der Waals surface area contributed by atoms with Crippen molar-refractivity contribution < 1.29 is 17.6 Å². The van der Waals surface area contributed by atoms with E-state index in [4.69, 9.17) is 0 Å². The van der Waals surface area contributed by atoms with E-state index in [1.165, 1.54) is 36.4 Å². The summed E-state index contributed by atoms with van der Waals surface area (Å²) in [6, 6.07) is 11.4. The van der Waals surface area contributed by atoms with Gasteiger partial charge in [0.25, 0.3) is 10.0 Å². The highest BCUT2D eigenvalue weighted by atomic mass is 32.2. The standard InChI is InChI=1S/C20H25FN2O3S/c1-4-5-16(3)22-20(24)14-23(18-10-8-17(21)9-11-18)27(25,26)19-12-6-15(2)7-13-19/h6-13,16H,4-5,14H2,1-3H3,(H,22,24). The molecule has 0 aliphatic rings. The van der Waals surface area contributed by atoms with E-state index < -0.39 is 21.7 Å². The number of nitrogens with one attached hydrogen (secondary N) is 1. The van der Waals surface area contributed by atoms with Crippen LogP contribution in [0.15, 0.2) is 53.4 Å². The molecule has 2 rings (SSSR count). The molecule has 0 saturated carbocycles. The molecule has 0 aromatic heterocycles. The third-order valence-electron chi connectivity index (χ3n) is 4.14. The fourth-order valence-corrected chi connectivity index (χ4v) is 4.14. The lowest BCUT2D eigenvalue weighted by Gasteiger charge is -2.25. The average Bonchev–Trinajstić information content (AvgIpc) is 2.61. The predicted octanol–water partition coefficient (Wildman–Crippen LogP) is 3.63. The Hall–Kier alpha value is -2.41. The molecule has 7 heteroatoms. The van der Waals surface area contributed by atoms with Gasteiger partial charge >= 0.3 is 0 Å². The summed E-state index contributed by atoms with van der Waals surface area (Å²) in [5.41, 5.74) is 1.16. The van der Waals surface area contributed by atoms with Crippen LogP contribution in [0.4, 0.5) is 10.1 Å². The Labute approximate surface area is 160 Å². The fourth-order valence-electron chi connectivity index (χ4n) is 2.72. The van der Waals surface area contributed by atoms with Gasteiger partial charge in [0.15, 0.2) is 0 Å². The van der Waals surface area contributed by atoms with E-state index in [0.29, 0.717) is 0 Å². The van der Waals surface area contributed by atoms with Crippen LogP contribution in [-0.4, -0.2) is 26.9 Å². The van der Waals surface area contributed by atoms with E-state index in [9.17, 15) is 17.6 Å². The molecule has 146 valence electrons. The number of aryl methyl sites for hydroxylation is 1. The first kappa shape index (κ1) is 20.9. The molecule has 0 saturated heterocycles. The van der Waals surface area contributed by atoms with Crippen molar-refractivity contribution >= 4 is 21.6 Å². The normalized spacial score (nSPS) is 12.4. The van der Waals surface area contributed by atoms with Gasteiger partial charge < -0.3 is 5.32 Å². The number of rotatable bonds is 8. The summed E-state index contributed by atoms with van der Waals surface area (Å²) >= 11 is 0. The predicted molar refractivity (Wildman–Crippen MR) is 105 cm³/mol. The van der Waals surface area contributed by atoms with Crippen molar-refractivity contribution in [3.63, 3.8) is 0 Å². The second-order valence-electron chi connectivity index (χ2n) is 6.56. The minimum atomic E-state index is -3.98. The summed E-state index contributed by atoms with van der Waals surface area (Å²) in [5, 5.41) is 2.81. The molecule has 0 spiro atoms. The summed E-state index contributed by atoms with van der Waals surface area (Å²) in [4.78, 5) is 12.5. The van der Waals surface area contributed by atoms with Crippen LogP contribution in [0.5, 0.6) is 0 Å². The maximum atomic E-state index is 13.3. The number of carbonyl (C=O) groups is 1. The van der Waals surface area contributed by atoms with Gasteiger partial charge in [-0.1, -0.05) is 31.0 Å². The van der Waals surface area contributed by atoms with E-state index in [-0.39, 0.29) is 23.2 Å². The van der Waals surface area contributed by atoms with Crippen LogP contribution < -0.4 is 9.62 Å². The first-order valence-electron chi connectivity index (χ1n) is 8.88. The Kier molecular flexibility index (Phi) is 6.96. The first-order chi connectivity index (χ1) is 12.7. The summed E-state index contributed by atoms with van der Waals surface area (Å²) in [5.74, 6) is -0.886. The Morgan fingerprint density at radius 2 is 1.70 bits per heavy atom. The molecular weight excluding hydrogens is 367 g/mol. The van der Waals surface area contributed by atoms with Gasteiger partial charge in [0.2, 0.25) is 5.91 Å². The monoisotopic (exact) mass is 392 g/mol. The van der Waals surface area contributed by atoms with Gasteiger partial charge in [0.05, 0.1) is 10.6 Å². The smallest absolute Gasteiger partial charge is 0.264 e. The number of hydrogen-bond acceptors (Lipinski definition) is 3. The van der Waals surface area contributed by atoms with Crippen LogP contribution in [-0.2, 0) is 14.8 Å². The van der Waals surface area contributed by atoms with Crippen LogP contribution in [0.2, 0.25) is 0 Å². The number of anilines is 1. The van der Waals surface area contributed by atoms with Gasteiger partial charge in [-0.15, -0.1) is 0 Å². The largest absolute Gasteiger partial charge is 0.352 e. The fraction of sp³-hybridized carbons (Fsp3) is 0.350. The number of carbonyl (C=O) groups excluding carboxylic acids is 1. The van der Waals surface area contributed by atoms with E-state index in [1.54, 1.807) is 12.1 Å². The molecule has 1 N–H and O–H groups in total. The van der Waals surface area contributed by atoms with Crippen LogP contribution in [0, 0.1) is 12.7 Å². The highest BCUT2D eigenvalue weighted by molar-refractivity contribution is 7.92. The number of halogens is 1. The third kappa shape index (κ3) is 5.53. The molecule has 1 amide bonds. The lowest BCUT2D eigenvalue weighted by Crippen LogP contribution is -2.43. The van der Waals surface area contributed by atoms with Crippen LogP contribution >= 0.6 is 0 Å². The highest BCUT2D eigenvalue weighted by Gasteiger charge is 2.27. The Morgan fingerprint density at radius 1 is 1.11 bits per heavy atom. The van der Waals surface area contributed by atoms with Crippen molar-refractivity contribution in [1.82, 2.24) is 5.32 Å². The summed E-state index contributed by atoms with van der Waals surface area (Å²) in [7, 11) is -3.98. The average molecular weight is 392 g/mol. The minimum Gasteiger partial charge on any atom is -0.352 e. The SMILES string of the molecule is CCCC(C)NC(=O)CN(c1ccc(F)cc1)S(=O)(=O)c1ccc(C)cc1. The van der Waals surface area contributed by atoms with E-state index in [2.05, 4.69) is 5.32 Å². The Morgan fingerprint density at radius 3 is 2.26 bits per heavy atom. The van der Waals surface area contributed by atoms with Crippen molar-refractivity contribution in [1.29, 1.82) is 0 Å². The minimum absolute atomic E-state index is 0.0559. The number of benzene rings is 2. The van der Waals surface area contributed by atoms with Gasteiger partial charge in [0, 0.05) is 6.04 Å². The molecule has 0 fully saturated rings. The van der Waals surface area contributed by atoms with E-state index in [1.807, 2.05) is 20.8 Å². The molecule has 0 aliphatic carbocycles. The molecule has 2 aromatic carbocycles. The van der Waals surface area contributed by atoms with Crippen molar-refractivity contribution in [2.75, 3.05) is 10.8 Å². The van der Waals surface area contributed by atoms with E-state index >= 15 is 0 Å². The van der Waals surface area contributed by atoms with Crippen molar-refractivity contribution in [3.8, 4) is 0 Å². The zero-order valence-electron chi connectivity index (χ0n) is 15.8. The maximum absolute atomic E-state index is 13.3. The molecule has 1 unspecified atom stereocenters.